The van der Waals surface area contributed by atoms with E-state index in [1.165, 1.54) is 24.3 Å². The third kappa shape index (κ3) is 38.1. The number of hydrogen-bond acceptors (Lipinski definition) is 4. The Labute approximate surface area is 124 Å². The molecule has 1 aliphatic heterocycles. The van der Waals surface area contributed by atoms with Crippen LogP contribution in [0.15, 0.2) is 0 Å². The predicted octanol–water partition coefficient (Wildman–Crippen LogP) is 3.57. The first-order chi connectivity index (χ1) is 9.04. The SMILES string of the molecule is C1CCSC1.CC.CCCCC(=O)O.COS(=O)O. The molecule has 19 heavy (non-hydrogen) atoms. The Morgan fingerprint density at radius 2 is 1.74 bits per heavy atom. The molecule has 1 rings (SSSR count). The van der Waals surface area contributed by atoms with Gasteiger partial charge in [0.1, 0.15) is 0 Å². The van der Waals surface area contributed by atoms with Crippen LogP contribution in [0.1, 0.15) is 52.9 Å². The molecule has 0 aromatic carbocycles. The average molecular weight is 316 g/mol. The van der Waals surface area contributed by atoms with Crippen LogP contribution in [0, 0.1) is 0 Å². The summed E-state index contributed by atoms with van der Waals surface area (Å²) >= 11 is 0.00154. The van der Waals surface area contributed by atoms with Gasteiger partial charge in [0.25, 0.3) is 0 Å². The van der Waals surface area contributed by atoms with Crippen LogP contribution in [-0.2, 0) is 20.3 Å². The number of carboxylic acid groups (broad SMARTS) is 1. The van der Waals surface area contributed by atoms with Gasteiger partial charge in [0, 0.05) is 6.42 Å². The van der Waals surface area contributed by atoms with Crippen molar-refractivity contribution in [3.63, 3.8) is 0 Å². The lowest BCUT2D eigenvalue weighted by Crippen LogP contribution is -1.91. The molecule has 1 unspecified atom stereocenters. The van der Waals surface area contributed by atoms with Gasteiger partial charge in [-0.2, -0.15) is 16.0 Å². The summed E-state index contributed by atoms with van der Waals surface area (Å²) in [5, 5.41) is 8.04. The minimum Gasteiger partial charge on any atom is -0.481 e. The molecular formula is C12H28O5S2. The smallest absolute Gasteiger partial charge is 0.303 e. The van der Waals surface area contributed by atoms with Crippen molar-refractivity contribution in [1.29, 1.82) is 0 Å². The van der Waals surface area contributed by atoms with Crippen LogP contribution in [0.4, 0.5) is 0 Å². The fourth-order valence-electron chi connectivity index (χ4n) is 0.838. The highest BCUT2D eigenvalue weighted by Crippen LogP contribution is 2.14. The van der Waals surface area contributed by atoms with E-state index in [0.717, 1.165) is 20.0 Å². The number of carboxylic acids is 1. The molecule has 5 nitrogen and oxygen atoms in total. The maximum atomic E-state index is 9.76. The van der Waals surface area contributed by atoms with Crippen molar-refractivity contribution in [3.8, 4) is 0 Å². The molecule has 1 heterocycles. The van der Waals surface area contributed by atoms with E-state index >= 15 is 0 Å². The van der Waals surface area contributed by atoms with Gasteiger partial charge in [-0.15, -0.1) is 0 Å². The minimum atomic E-state index is -2.07. The molecule has 0 aromatic rings. The van der Waals surface area contributed by atoms with Gasteiger partial charge in [0.05, 0.1) is 7.11 Å². The van der Waals surface area contributed by atoms with Gasteiger partial charge in [-0.1, -0.05) is 27.2 Å². The van der Waals surface area contributed by atoms with Crippen LogP contribution in [0.5, 0.6) is 0 Å². The van der Waals surface area contributed by atoms with Crippen molar-refractivity contribution in [1.82, 2.24) is 0 Å². The summed E-state index contributed by atoms with van der Waals surface area (Å²) in [6.07, 6.45) is 5.01. The monoisotopic (exact) mass is 316 g/mol. The van der Waals surface area contributed by atoms with E-state index in [1.807, 2.05) is 20.8 Å². The topological polar surface area (TPSA) is 83.8 Å². The standard InChI is InChI=1S/C5H10O2.C4H8S.C2H6.CH4O3S/c1-2-3-4-5(6)7;1-2-4-5-3-1;1-2;1-4-5(2)3/h2-4H2,1H3,(H,6,7);1-4H2;1-2H3;1H3,(H,2,3). The average Bonchev–Trinajstić information content (AvgIpc) is 2.98. The Balaban J connectivity index is -0.000000192. The summed E-state index contributed by atoms with van der Waals surface area (Å²) in [5.74, 6) is 2.14. The zero-order chi connectivity index (χ0) is 15.5. The summed E-state index contributed by atoms with van der Waals surface area (Å²) in [6.45, 7) is 5.98. The molecule has 1 fully saturated rings. The maximum absolute atomic E-state index is 9.76. The van der Waals surface area contributed by atoms with Gasteiger partial charge < -0.3 is 5.11 Å². The van der Waals surface area contributed by atoms with Gasteiger partial charge in [-0.05, 0) is 30.8 Å². The highest BCUT2D eigenvalue weighted by Gasteiger charge is 1.95. The number of hydrogen-bond donors (Lipinski definition) is 2. The van der Waals surface area contributed by atoms with Crippen molar-refractivity contribution < 1.29 is 22.8 Å². The molecule has 1 atom stereocenters. The number of unbranched alkanes of at least 4 members (excludes halogenated alkanes) is 1. The Kier molecular flexibility index (Phi) is 29.0. The summed E-state index contributed by atoms with van der Waals surface area (Å²) in [4.78, 5) is 9.76. The molecule has 0 aliphatic carbocycles. The van der Waals surface area contributed by atoms with E-state index in [-0.39, 0.29) is 0 Å². The predicted molar refractivity (Wildman–Crippen MR) is 82.8 cm³/mol. The van der Waals surface area contributed by atoms with E-state index in [9.17, 15) is 9.00 Å². The Morgan fingerprint density at radius 1 is 1.32 bits per heavy atom. The summed E-state index contributed by atoms with van der Waals surface area (Å²) in [5.41, 5.74) is 0. The molecular weight excluding hydrogens is 288 g/mol. The van der Waals surface area contributed by atoms with Crippen molar-refractivity contribution in [2.45, 2.75) is 52.9 Å². The van der Waals surface area contributed by atoms with Gasteiger partial charge in [0.15, 0.2) is 0 Å². The van der Waals surface area contributed by atoms with E-state index in [0.29, 0.717) is 6.42 Å². The molecule has 2 N–H and O–H groups in total. The molecule has 0 radical (unpaired) electrons. The lowest BCUT2D eigenvalue weighted by Gasteiger charge is -1.85. The summed E-state index contributed by atoms with van der Waals surface area (Å²) in [7, 11) is 1.15. The second kappa shape index (κ2) is 23.0. The van der Waals surface area contributed by atoms with Crippen LogP contribution < -0.4 is 0 Å². The second-order valence-electron chi connectivity index (χ2n) is 3.20. The normalized spacial score (nSPS) is 13.7. The first kappa shape index (κ1) is 23.9. The number of rotatable bonds is 4. The first-order valence-electron chi connectivity index (χ1n) is 6.49. The van der Waals surface area contributed by atoms with Crippen LogP contribution in [0.3, 0.4) is 0 Å². The van der Waals surface area contributed by atoms with E-state index < -0.39 is 17.3 Å². The third-order valence-electron chi connectivity index (χ3n) is 1.71. The maximum Gasteiger partial charge on any atom is 0.303 e. The molecule has 7 heteroatoms. The molecule has 0 aromatic heterocycles. The fraction of sp³-hybridized carbons (Fsp3) is 0.917. The van der Waals surface area contributed by atoms with Crippen LogP contribution in [-0.4, -0.2) is 38.5 Å². The van der Waals surface area contributed by atoms with Crippen molar-refractivity contribution in [2.24, 2.45) is 0 Å². The number of aliphatic carboxylic acids is 1. The van der Waals surface area contributed by atoms with Crippen LogP contribution >= 0.6 is 11.8 Å². The van der Waals surface area contributed by atoms with E-state index in [4.69, 9.17) is 9.66 Å². The van der Waals surface area contributed by atoms with Crippen LogP contribution in [0.2, 0.25) is 0 Å². The quantitative estimate of drug-likeness (QED) is 0.771. The molecule has 0 spiro atoms. The highest BCUT2D eigenvalue weighted by molar-refractivity contribution is 7.99. The first-order valence-corrected chi connectivity index (χ1v) is 8.68. The number of carbonyl (C=O) groups is 1. The van der Waals surface area contributed by atoms with Crippen molar-refractivity contribution >= 4 is 29.1 Å². The Hall–Kier alpha value is -0.110. The minimum absolute atomic E-state index is 0.316. The highest BCUT2D eigenvalue weighted by atomic mass is 32.2. The largest absolute Gasteiger partial charge is 0.481 e. The summed E-state index contributed by atoms with van der Waals surface area (Å²) in [6, 6.07) is 0. The van der Waals surface area contributed by atoms with Crippen molar-refractivity contribution in [2.75, 3.05) is 18.6 Å². The molecule has 0 saturated carbocycles. The van der Waals surface area contributed by atoms with Gasteiger partial charge in [-0.25, -0.2) is 0 Å². The zero-order valence-electron chi connectivity index (χ0n) is 12.4. The lowest BCUT2D eigenvalue weighted by atomic mass is 10.3. The second-order valence-corrected chi connectivity index (χ2v) is 5.19. The molecule has 1 aliphatic rings. The summed E-state index contributed by atoms with van der Waals surface area (Å²) < 4.78 is 20.6. The Morgan fingerprint density at radius 3 is 1.84 bits per heavy atom. The molecule has 0 amide bonds. The van der Waals surface area contributed by atoms with E-state index in [2.05, 4.69) is 15.9 Å². The van der Waals surface area contributed by atoms with Crippen LogP contribution in [0.25, 0.3) is 0 Å². The molecule has 0 bridgehead atoms. The van der Waals surface area contributed by atoms with Crippen molar-refractivity contribution in [3.05, 3.63) is 0 Å². The molecule has 1 saturated heterocycles. The molecule has 118 valence electrons. The fourth-order valence-corrected chi connectivity index (χ4v) is 1.86. The number of thioether (sulfide) groups is 1. The van der Waals surface area contributed by atoms with Gasteiger partial charge in [-0.3, -0.25) is 13.5 Å². The third-order valence-corrected chi connectivity index (χ3v) is 3.15. The van der Waals surface area contributed by atoms with Gasteiger partial charge >= 0.3 is 17.3 Å². The zero-order valence-corrected chi connectivity index (χ0v) is 14.0. The Bertz CT molecular complexity index is 189. The van der Waals surface area contributed by atoms with E-state index in [1.54, 1.807) is 0 Å². The lowest BCUT2D eigenvalue weighted by molar-refractivity contribution is -0.137. The van der Waals surface area contributed by atoms with Gasteiger partial charge in [0.2, 0.25) is 0 Å².